The Labute approximate surface area is 111 Å². The molecule has 1 heterocycles. The molecule has 0 saturated carbocycles. The van der Waals surface area contributed by atoms with E-state index in [9.17, 15) is 14.7 Å². The molecular weight excluding hydrogens is 254 g/mol. The first-order valence-corrected chi connectivity index (χ1v) is 6.09. The van der Waals surface area contributed by atoms with Gasteiger partial charge < -0.3 is 30.5 Å². The lowest BCUT2D eigenvalue weighted by Crippen LogP contribution is -2.51. The molecule has 2 amide bonds. The van der Waals surface area contributed by atoms with Gasteiger partial charge in [-0.05, 0) is 14.0 Å². The zero-order valence-corrected chi connectivity index (χ0v) is 11.2. The van der Waals surface area contributed by atoms with Crippen molar-refractivity contribution in [2.45, 2.75) is 18.6 Å². The smallest absolute Gasteiger partial charge is 0.337 e. The Balaban J connectivity index is 2.23. The quantitative estimate of drug-likeness (QED) is 0.483. The number of nitrogens with one attached hydrogen (secondary N) is 2. The summed E-state index contributed by atoms with van der Waals surface area (Å²) in [5.74, 6) is -1.38. The fourth-order valence-electron chi connectivity index (χ4n) is 1.59. The Morgan fingerprint density at radius 2 is 2.16 bits per heavy atom. The molecule has 2 atom stereocenters. The summed E-state index contributed by atoms with van der Waals surface area (Å²) in [6.45, 7) is 3.31. The fraction of sp³-hybridized carbons (Fsp3) is 0.818. The van der Waals surface area contributed by atoms with Crippen LogP contribution in [0.2, 0.25) is 0 Å². The number of urea groups is 1. The Morgan fingerprint density at radius 3 is 2.74 bits per heavy atom. The van der Waals surface area contributed by atoms with E-state index in [0.717, 1.165) is 20.0 Å². The van der Waals surface area contributed by atoms with Crippen molar-refractivity contribution in [3.8, 4) is 0 Å². The number of hydrogen-bond acceptors (Lipinski definition) is 5. The number of aliphatic carboxylic acids is 1. The van der Waals surface area contributed by atoms with Crippen LogP contribution in [0.3, 0.4) is 0 Å². The first-order chi connectivity index (χ1) is 8.81. The molecule has 1 fully saturated rings. The van der Waals surface area contributed by atoms with Gasteiger partial charge in [-0.25, -0.2) is 9.59 Å². The van der Waals surface area contributed by atoms with E-state index in [0.29, 0.717) is 13.2 Å². The molecule has 0 aromatic carbocycles. The Morgan fingerprint density at radius 1 is 1.47 bits per heavy atom. The number of aliphatic hydroxyl groups is 1. The third-order valence-corrected chi connectivity index (χ3v) is 2.89. The van der Waals surface area contributed by atoms with E-state index in [4.69, 9.17) is 9.84 Å². The minimum atomic E-state index is -1.97. The van der Waals surface area contributed by atoms with Gasteiger partial charge in [0.2, 0.25) is 0 Å². The molecule has 1 aliphatic heterocycles. The summed E-state index contributed by atoms with van der Waals surface area (Å²) in [7, 11) is 1.97. The number of carbonyl (C=O) groups is 2. The lowest BCUT2D eigenvalue weighted by molar-refractivity contribution is -0.155. The number of rotatable bonds is 5. The van der Waals surface area contributed by atoms with Gasteiger partial charge in [-0.2, -0.15) is 0 Å². The molecule has 0 aromatic rings. The molecule has 2 unspecified atom stereocenters. The zero-order valence-electron chi connectivity index (χ0n) is 11.2. The average Bonchev–Trinajstić information content (AvgIpc) is 2.34. The van der Waals surface area contributed by atoms with Gasteiger partial charge >= 0.3 is 12.0 Å². The summed E-state index contributed by atoms with van der Waals surface area (Å²) in [4.78, 5) is 24.2. The van der Waals surface area contributed by atoms with Gasteiger partial charge in [0.25, 0.3) is 0 Å². The second-order valence-corrected chi connectivity index (χ2v) is 4.90. The molecule has 0 radical (unpaired) electrons. The van der Waals surface area contributed by atoms with Gasteiger partial charge in [-0.1, -0.05) is 0 Å². The van der Waals surface area contributed by atoms with Crippen LogP contribution in [0.15, 0.2) is 0 Å². The van der Waals surface area contributed by atoms with Crippen molar-refractivity contribution in [2.75, 3.05) is 39.8 Å². The summed E-state index contributed by atoms with van der Waals surface area (Å²) >= 11 is 0. The van der Waals surface area contributed by atoms with Gasteiger partial charge in [0.15, 0.2) is 5.60 Å². The minimum Gasteiger partial charge on any atom is -0.479 e. The first-order valence-electron chi connectivity index (χ1n) is 6.09. The molecular formula is C11H21N3O5. The largest absolute Gasteiger partial charge is 0.479 e. The first kappa shape index (κ1) is 15.7. The second kappa shape index (κ2) is 6.69. The van der Waals surface area contributed by atoms with Gasteiger partial charge in [-0.15, -0.1) is 0 Å². The van der Waals surface area contributed by atoms with Crippen molar-refractivity contribution in [1.82, 2.24) is 15.5 Å². The predicted octanol–water partition coefficient (Wildman–Crippen LogP) is -1.55. The lowest BCUT2D eigenvalue weighted by atomic mass is 10.1. The van der Waals surface area contributed by atoms with Crippen LogP contribution in [-0.4, -0.2) is 78.7 Å². The van der Waals surface area contributed by atoms with E-state index in [1.165, 1.54) is 0 Å². The molecule has 1 rings (SSSR count). The number of nitrogens with zero attached hydrogens (tertiary/aromatic N) is 1. The van der Waals surface area contributed by atoms with E-state index < -0.39 is 17.6 Å². The standard InChI is InChI=1S/C11H21N3O5/c1-11(18,9(15)16)7-13-10(17)12-5-8-6-14(2)3-4-19-8/h8,18H,3-7H2,1-2H3,(H,15,16)(H2,12,13,17). The van der Waals surface area contributed by atoms with Crippen LogP contribution in [0.25, 0.3) is 0 Å². The molecule has 1 aliphatic rings. The second-order valence-electron chi connectivity index (χ2n) is 4.90. The Bertz CT molecular complexity index is 334. The maximum Gasteiger partial charge on any atom is 0.337 e. The molecule has 8 heteroatoms. The maximum absolute atomic E-state index is 11.4. The van der Waals surface area contributed by atoms with Gasteiger partial charge in [0, 0.05) is 19.6 Å². The van der Waals surface area contributed by atoms with Crippen LogP contribution in [0, 0.1) is 0 Å². The highest BCUT2D eigenvalue weighted by atomic mass is 16.5. The summed E-state index contributed by atoms with van der Waals surface area (Å²) < 4.78 is 5.45. The third kappa shape index (κ3) is 5.41. The summed E-state index contributed by atoms with van der Waals surface area (Å²) in [6, 6.07) is -0.529. The van der Waals surface area contributed by atoms with Crippen molar-refractivity contribution in [2.24, 2.45) is 0 Å². The molecule has 0 aromatic heterocycles. The Hall–Kier alpha value is -1.38. The molecule has 1 saturated heterocycles. The van der Waals surface area contributed by atoms with Gasteiger partial charge in [-0.3, -0.25) is 0 Å². The van der Waals surface area contributed by atoms with Crippen molar-refractivity contribution in [3.63, 3.8) is 0 Å². The van der Waals surface area contributed by atoms with Crippen LogP contribution in [0.1, 0.15) is 6.92 Å². The normalized spacial score (nSPS) is 23.4. The fourth-order valence-corrected chi connectivity index (χ4v) is 1.59. The van der Waals surface area contributed by atoms with Crippen molar-refractivity contribution in [3.05, 3.63) is 0 Å². The number of carboxylic acid groups (broad SMARTS) is 1. The van der Waals surface area contributed by atoms with E-state index in [1.54, 1.807) is 0 Å². The Kier molecular flexibility index (Phi) is 5.52. The number of amides is 2. The SMILES string of the molecule is CN1CCOC(CNC(=O)NCC(C)(O)C(=O)O)C1. The van der Waals surface area contributed by atoms with Gasteiger partial charge in [0.05, 0.1) is 19.3 Å². The predicted molar refractivity (Wildman–Crippen MR) is 66.9 cm³/mol. The number of hydrogen-bond donors (Lipinski definition) is 4. The number of likely N-dealkylation sites (N-methyl/N-ethyl adjacent to an activating group) is 1. The number of ether oxygens (including phenoxy) is 1. The number of carbonyl (C=O) groups excluding carboxylic acids is 1. The minimum absolute atomic E-state index is 0.0792. The van der Waals surface area contributed by atoms with Crippen LogP contribution in [0.4, 0.5) is 4.79 Å². The number of morpholine rings is 1. The van der Waals surface area contributed by atoms with Crippen LogP contribution < -0.4 is 10.6 Å². The highest BCUT2D eigenvalue weighted by Crippen LogP contribution is 2.02. The lowest BCUT2D eigenvalue weighted by Gasteiger charge is -2.30. The number of carboxylic acids is 1. The van der Waals surface area contributed by atoms with E-state index in [1.807, 2.05) is 7.05 Å². The maximum atomic E-state index is 11.4. The molecule has 0 aliphatic carbocycles. The van der Waals surface area contributed by atoms with Crippen molar-refractivity contribution in [1.29, 1.82) is 0 Å². The summed E-state index contributed by atoms with van der Waals surface area (Å²) in [5.41, 5.74) is -1.97. The summed E-state index contributed by atoms with van der Waals surface area (Å²) in [5, 5.41) is 23.0. The van der Waals surface area contributed by atoms with Crippen LogP contribution in [-0.2, 0) is 9.53 Å². The third-order valence-electron chi connectivity index (χ3n) is 2.89. The molecule has 110 valence electrons. The molecule has 19 heavy (non-hydrogen) atoms. The van der Waals surface area contributed by atoms with Gasteiger partial charge in [0.1, 0.15) is 0 Å². The monoisotopic (exact) mass is 275 g/mol. The zero-order chi connectivity index (χ0) is 14.5. The van der Waals surface area contributed by atoms with E-state index in [2.05, 4.69) is 15.5 Å². The van der Waals surface area contributed by atoms with Crippen LogP contribution in [0.5, 0.6) is 0 Å². The summed E-state index contributed by atoms with van der Waals surface area (Å²) in [6.07, 6.45) is -0.0792. The van der Waals surface area contributed by atoms with E-state index in [-0.39, 0.29) is 12.6 Å². The highest BCUT2D eigenvalue weighted by Gasteiger charge is 2.30. The molecule has 0 spiro atoms. The molecule has 8 nitrogen and oxygen atoms in total. The van der Waals surface area contributed by atoms with Crippen LogP contribution >= 0.6 is 0 Å². The molecule has 0 bridgehead atoms. The molecule has 4 N–H and O–H groups in total. The van der Waals surface area contributed by atoms with Crippen molar-refractivity contribution >= 4 is 12.0 Å². The van der Waals surface area contributed by atoms with E-state index >= 15 is 0 Å². The highest BCUT2D eigenvalue weighted by molar-refractivity contribution is 5.79. The van der Waals surface area contributed by atoms with Crippen molar-refractivity contribution < 1.29 is 24.5 Å². The topological polar surface area (TPSA) is 111 Å². The average molecular weight is 275 g/mol.